The Labute approximate surface area is 189 Å². The van der Waals surface area contributed by atoms with E-state index >= 15 is 0 Å². The quantitative estimate of drug-likeness (QED) is 0.672. The number of nitrogens with zero attached hydrogens (tertiary/aromatic N) is 1. The maximum atomic E-state index is 13.2. The summed E-state index contributed by atoms with van der Waals surface area (Å²) in [5, 5.41) is 2.89. The van der Waals surface area contributed by atoms with E-state index in [1.165, 1.54) is 7.11 Å². The molecule has 0 aliphatic carbocycles. The van der Waals surface area contributed by atoms with Crippen LogP contribution in [0.2, 0.25) is 0 Å². The topological polar surface area (TPSA) is 77.1 Å². The van der Waals surface area contributed by atoms with Gasteiger partial charge < -0.3 is 24.4 Å². The van der Waals surface area contributed by atoms with E-state index in [4.69, 9.17) is 14.2 Å². The zero-order valence-electron chi connectivity index (χ0n) is 19.7. The summed E-state index contributed by atoms with van der Waals surface area (Å²) in [6.07, 6.45) is 0.886. The van der Waals surface area contributed by atoms with Crippen LogP contribution in [-0.2, 0) is 4.79 Å². The van der Waals surface area contributed by atoms with Crippen LogP contribution in [-0.4, -0.2) is 39.2 Å². The van der Waals surface area contributed by atoms with Gasteiger partial charge in [-0.05, 0) is 50.5 Å². The van der Waals surface area contributed by atoms with Crippen LogP contribution < -0.4 is 24.4 Å². The van der Waals surface area contributed by atoms with Crippen molar-refractivity contribution in [2.24, 2.45) is 11.3 Å². The van der Waals surface area contributed by atoms with Gasteiger partial charge in [0.2, 0.25) is 5.91 Å². The minimum atomic E-state index is -0.643. The van der Waals surface area contributed by atoms with Gasteiger partial charge in [-0.3, -0.25) is 9.59 Å². The molecule has 3 rings (SSSR count). The first-order valence-corrected chi connectivity index (χ1v) is 10.8. The standard InChI is InChI=1S/C25H32N2O5/c1-16(2)11-12-27-20-10-7-17(13-22(20)32-15-25(3,4)24(27)29)26-23(28)19-9-8-18(30-5)14-21(19)31-6/h7-10,13-14,16H,11-12,15H2,1-6H3,(H,26,28). The molecule has 0 radical (unpaired) electrons. The van der Waals surface area contributed by atoms with E-state index in [2.05, 4.69) is 19.2 Å². The van der Waals surface area contributed by atoms with Crippen molar-refractivity contribution >= 4 is 23.2 Å². The number of hydrogen-bond donors (Lipinski definition) is 1. The van der Waals surface area contributed by atoms with Crippen LogP contribution in [0, 0.1) is 11.3 Å². The van der Waals surface area contributed by atoms with Crippen molar-refractivity contribution in [3.05, 3.63) is 42.0 Å². The number of amides is 2. The Kier molecular flexibility index (Phi) is 6.96. The van der Waals surface area contributed by atoms with Gasteiger partial charge in [-0.2, -0.15) is 0 Å². The molecule has 0 unspecified atom stereocenters. The van der Waals surface area contributed by atoms with Crippen LogP contribution in [0.1, 0.15) is 44.5 Å². The Morgan fingerprint density at radius 2 is 1.91 bits per heavy atom. The average molecular weight is 441 g/mol. The fourth-order valence-electron chi connectivity index (χ4n) is 3.52. The lowest BCUT2D eigenvalue weighted by Gasteiger charge is -2.28. The second-order valence-corrected chi connectivity index (χ2v) is 9.01. The van der Waals surface area contributed by atoms with E-state index in [1.54, 1.807) is 42.3 Å². The number of carbonyl (C=O) groups is 2. The summed E-state index contributed by atoms with van der Waals surface area (Å²) in [6.45, 7) is 8.93. The van der Waals surface area contributed by atoms with Crippen molar-refractivity contribution in [3.8, 4) is 17.2 Å². The van der Waals surface area contributed by atoms with Gasteiger partial charge in [0.05, 0.1) is 30.9 Å². The number of hydrogen-bond acceptors (Lipinski definition) is 5. The van der Waals surface area contributed by atoms with Gasteiger partial charge in [-0.15, -0.1) is 0 Å². The molecule has 0 saturated carbocycles. The smallest absolute Gasteiger partial charge is 0.259 e. The van der Waals surface area contributed by atoms with Crippen LogP contribution in [0.25, 0.3) is 0 Å². The van der Waals surface area contributed by atoms with Crippen molar-refractivity contribution in [2.75, 3.05) is 37.6 Å². The number of benzene rings is 2. The molecule has 2 aromatic rings. The molecular weight excluding hydrogens is 408 g/mol. The number of nitrogens with one attached hydrogen (secondary N) is 1. The largest absolute Gasteiger partial charge is 0.497 e. The Bertz CT molecular complexity index is 1000. The zero-order valence-corrected chi connectivity index (χ0v) is 19.7. The lowest BCUT2D eigenvalue weighted by Crippen LogP contribution is -2.42. The summed E-state index contributed by atoms with van der Waals surface area (Å²) >= 11 is 0. The first kappa shape index (κ1) is 23.4. The molecule has 1 aliphatic rings. The number of ether oxygens (including phenoxy) is 3. The Balaban J connectivity index is 1.88. The van der Waals surface area contributed by atoms with E-state index in [0.717, 1.165) is 12.1 Å². The highest BCUT2D eigenvalue weighted by Crippen LogP contribution is 2.38. The molecule has 32 heavy (non-hydrogen) atoms. The molecule has 0 fully saturated rings. The van der Waals surface area contributed by atoms with Crippen molar-refractivity contribution in [3.63, 3.8) is 0 Å². The number of methoxy groups -OCH3 is 2. The van der Waals surface area contributed by atoms with Gasteiger partial charge in [0, 0.05) is 24.4 Å². The summed E-state index contributed by atoms with van der Waals surface area (Å²) in [4.78, 5) is 27.9. The molecule has 7 nitrogen and oxygen atoms in total. The molecular formula is C25H32N2O5. The van der Waals surface area contributed by atoms with Crippen LogP contribution in [0.15, 0.2) is 36.4 Å². The van der Waals surface area contributed by atoms with Gasteiger partial charge in [-0.25, -0.2) is 0 Å². The van der Waals surface area contributed by atoms with Crippen molar-refractivity contribution in [1.29, 1.82) is 0 Å². The number of carbonyl (C=O) groups excluding carboxylic acids is 2. The number of fused-ring (bicyclic) bond motifs is 1. The highest BCUT2D eigenvalue weighted by atomic mass is 16.5. The van der Waals surface area contributed by atoms with Gasteiger partial charge in [-0.1, -0.05) is 13.8 Å². The lowest BCUT2D eigenvalue weighted by atomic mass is 9.92. The molecule has 2 amide bonds. The molecule has 172 valence electrons. The molecule has 0 atom stereocenters. The molecule has 0 bridgehead atoms. The normalized spacial score (nSPS) is 15.0. The van der Waals surface area contributed by atoms with Gasteiger partial charge in [0.1, 0.15) is 23.9 Å². The maximum absolute atomic E-state index is 13.2. The van der Waals surface area contributed by atoms with E-state index in [1.807, 2.05) is 19.9 Å². The SMILES string of the molecule is COc1ccc(C(=O)Nc2ccc3c(c2)OCC(C)(C)C(=O)N3CCC(C)C)c(OC)c1. The fraction of sp³-hybridized carbons (Fsp3) is 0.440. The lowest BCUT2D eigenvalue weighted by molar-refractivity contribution is -0.127. The molecule has 1 aliphatic heterocycles. The van der Waals surface area contributed by atoms with Crippen molar-refractivity contribution in [1.82, 2.24) is 0 Å². The Morgan fingerprint density at radius 3 is 2.56 bits per heavy atom. The predicted octanol–water partition coefficient (Wildman–Crippen LogP) is 4.75. The predicted molar refractivity (Wildman–Crippen MR) is 125 cm³/mol. The molecule has 0 aromatic heterocycles. The van der Waals surface area contributed by atoms with E-state index in [0.29, 0.717) is 41.0 Å². The summed E-state index contributed by atoms with van der Waals surface area (Å²) < 4.78 is 16.6. The first-order valence-electron chi connectivity index (χ1n) is 10.8. The Hall–Kier alpha value is -3.22. The molecule has 1 heterocycles. The van der Waals surface area contributed by atoms with E-state index < -0.39 is 5.41 Å². The minimum Gasteiger partial charge on any atom is -0.497 e. The van der Waals surface area contributed by atoms with Gasteiger partial charge in [0.15, 0.2) is 0 Å². The summed E-state index contributed by atoms with van der Waals surface area (Å²) in [5.74, 6) is 1.79. The molecule has 0 spiro atoms. The molecule has 7 heteroatoms. The summed E-state index contributed by atoms with van der Waals surface area (Å²) in [5.41, 5.74) is 1.04. The zero-order chi connectivity index (χ0) is 23.5. The van der Waals surface area contributed by atoms with Crippen LogP contribution >= 0.6 is 0 Å². The average Bonchev–Trinajstić information content (AvgIpc) is 2.86. The summed E-state index contributed by atoms with van der Waals surface area (Å²) in [6, 6.07) is 10.4. The molecule has 1 N–H and O–H groups in total. The van der Waals surface area contributed by atoms with Crippen LogP contribution in [0.3, 0.4) is 0 Å². The third kappa shape index (κ3) is 4.98. The highest BCUT2D eigenvalue weighted by molar-refractivity contribution is 6.07. The maximum Gasteiger partial charge on any atom is 0.259 e. The summed E-state index contributed by atoms with van der Waals surface area (Å²) in [7, 11) is 3.06. The van der Waals surface area contributed by atoms with Crippen molar-refractivity contribution in [2.45, 2.75) is 34.1 Å². The third-order valence-corrected chi connectivity index (χ3v) is 5.50. The number of anilines is 2. The highest BCUT2D eigenvalue weighted by Gasteiger charge is 2.37. The van der Waals surface area contributed by atoms with Crippen LogP contribution in [0.5, 0.6) is 17.2 Å². The minimum absolute atomic E-state index is 0.0386. The van der Waals surface area contributed by atoms with Crippen molar-refractivity contribution < 1.29 is 23.8 Å². The third-order valence-electron chi connectivity index (χ3n) is 5.50. The second-order valence-electron chi connectivity index (χ2n) is 9.01. The molecule has 2 aromatic carbocycles. The van der Waals surface area contributed by atoms with Crippen LogP contribution in [0.4, 0.5) is 11.4 Å². The molecule has 0 saturated heterocycles. The second kappa shape index (κ2) is 9.51. The van der Waals surface area contributed by atoms with E-state index in [-0.39, 0.29) is 18.4 Å². The van der Waals surface area contributed by atoms with Gasteiger partial charge >= 0.3 is 0 Å². The monoisotopic (exact) mass is 440 g/mol. The fourth-order valence-corrected chi connectivity index (χ4v) is 3.52. The Morgan fingerprint density at radius 1 is 1.16 bits per heavy atom. The van der Waals surface area contributed by atoms with E-state index in [9.17, 15) is 9.59 Å². The first-order chi connectivity index (χ1) is 15.2. The number of rotatable bonds is 7. The van der Waals surface area contributed by atoms with Gasteiger partial charge in [0.25, 0.3) is 5.91 Å².